The van der Waals surface area contributed by atoms with Gasteiger partial charge < -0.3 is 14.2 Å². The van der Waals surface area contributed by atoms with E-state index in [9.17, 15) is 4.79 Å². The van der Waals surface area contributed by atoms with Crippen molar-refractivity contribution >= 4 is 32.6 Å². The summed E-state index contributed by atoms with van der Waals surface area (Å²) in [5.74, 6) is 0.537. The molecule has 3 aromatic rings. The largest absolute Gasteiger partial charge is 0.497 e. The fraction of sp³-hybridized carbons (Fsp3) is 0.200. The lowest BCUT2D eigenvalue weighted by atomic mass is 10.3. The second kappa shape index (κ2) is 6.67. The first kappa shape index (κ1) is 15.9. The number of carbonyl (C=O) groups is 1. The Morgan fingerprint density at radius 1 is 1.04 bits per heavy atom. The summed E-state index contributed by atoms with van der Waals surface area (Å²) >= 11 is 1.34. The highest BCUT2D eigenvalue weighted by atomic mass is 32.1. The minimum Gasteiger partial charge on any atom is -0.497 e. The minimum absolute atomic E-state index is 0.0496. The number of nitrogens with zero attached hydrogens (tertiary/aromatic N) is 3. The molecule has 1 amide bonds. The van der Waals surface area contributed by atoms with Gasteiger partial charge >= 0.3 is 6.01 Å². The predicted molar refractivity (Wildman–Crippen MR) is 89.3 cm³/mol. The number of thiazole rings is 1. The Hall–Kier alpha value is -2.94. The van der Waals surface area contributed by atoms with E-state index in [1.807, 2.05) is 18.2 Å². The van der Waals surface area contributed by atoms with Gasteiger partial charge in [0.1, 0.15) is 11.4 Å². The quantitative estimate of drug-likeness (QED) is 0.757. The maximum absolute atomic E-state index is 12.4. The number of carbonyl (C=O) groups excluding carboxylic acids is 1. The van der Waals surface area contributed by atoms with Crippen LogP contribution in [-0.4, -0.2) is 42.2 Å². The molecule has 0 unspecified atom stereocenters. The van der Waals surface area contributed by atoms with Crippen LogP contribution in [-0.2, 0) is 0 Å². The van der Waals surface area contributed by atoms with E-state index in [0.717, 1.165) is 16.0 Å². The second-order valence-corrected chi connectivity index (χ2v) is 5.62. The number of amides is 1. The molecule has 2 heterocycles. The Bertz CT molecular complexity index is 874. The van der Waals surface area contributed by atoms with Gasteiger partial charge in [0, 0.05) is 6.07 Å². The van der Waals surface area contributed by atoms with Crippen LogP contribution in [0.15, 0.2) is 24.3 Å². The first-order chi connectivity index (χ1) is 11.6. The zero-order valence-electron chi connectivity index (χ0n) is 13.2. The molecule has 0 saturated carbocycles. The summed E-state index contributed by atoms with van der Waals surface area (Å²) in [5.41, 5.74) is 0.893. The number of aromatic nitrogens is 3. The molecule has 124 valence electrons. The third kappa shape index (κ3) is 3.20. The molecular formula is C15H14N4O4S. The topological polar surface area (TPSA) is 95.5 Å². The summed E-state index contributed by atoms with van der Waals surface area (Å²) in [4.78, 5) is 24.7. The number of fused-ring (bicyclic) bond motifs is 1. The van der Waals surface area contributed by atoms with Crippen molar-refractivity contribution in [3.8, 4) is 17.6 Å². The number of ether oxygens (including phenoxy) is 3. The molecule has 0 saturated heterocycles. The monoisotopic (exact) mass is 346 g/mol. The Labute approximate surface area is 141 Å². The lowest BCUT2D eigenvalue weighted by Crippen LogP contribution is -2.14. The van der Waals surface area contributed by atoms with Crippen molar-refractivity contribution in [2.75, 3.05) is 26.6 Å². The molecule has 1 N–H and O–H groups in total. The summed E-state index contributed by atoms with van der Waals surface area (Å²) in [7, 11) is 4.46. The van der Waals surface area contributed by atoms with E-state index in [0.29, 0.717) is 5.13 Å². The number of nitrogens with one attached hydrogen (secondary N) is 1. The van der Waals surface area contributed by atoms with Gasteiger partial charge in [-0.05, 0) is 18.2 Å². The average molecular weight is 346 g/mol. The number of methoxy groups -OCH3 is 3. The summed E-state index contributed by atoms with van der Waals surface area (Å²) in [6.07, 6.45) is 0. The predicted octanol–water partition coefficient (Wildman–Crippen LogP) is 2.36. The van der Waals surface area contributed by atoms with Crippen LogP contribution in [0.5, 0.6) is 17.6 Å². The van der Waals surface area contributed by atoms with Crippen LogP contribution >= 0.6 is 11.3 Å². The van der Waals surface area contributed by atoms with Gasteiger partial charge in [-0.25, -0.2) is 4.98 Å². The molecule has 0 aliphatic heterocycles. The van der Waals surface area contributed by atoms with Gasteiger partial charge in [0.05, 0.1) is 31.5 Å². The van der Waals surface area contributed by atoms with Crippen LogP contribution in [0.1, 0.15) is 10.5 Å². The van der Waals surface area contributed by atoms with Crippen LogP contribution < -0.4 is 19.5 Å². The SMILES string of the molecule is COc1ccc2nc(NC(=O)c3cc(OC)nc(OC)n3)sc2c1. The highest BCUT2D eigenvalue weighted by molar-refractivity contribution is 7.22. The number of hydrogen-bond acceptors (Lipinski definition) is 8. The standard InChI is InChI=1S/C15H14N4O4S/c1-21-8-4-5-9-11(6-8)24-15(17-9)19-13(20)10-7-12(22-2)18-14(16-10)23-3/h4-7H,1-3H3,(H,17,19,20). The molecule has 1 aromatic carbocycles. The van der Waals surface area contributed by atoms with Crippen LogP contribution in [0, 0.1) is 0 Å². The number of benzene rings is 1. The van der Waals surface area contributed by atoms with Crippen molar-refractivity contribution in [3.63, 3.8) is 0 Å². The molecule has 0 spiro atoms. The molecule has 9 heteroatoms. The van der Waals surface area contributed by atoms with Crippen LogP contribution in [0.4, 0.5) is 5.13 Å². The third-order valence-corrected chi connectivity index (χ3v) is 4.06. The first-order valence-corrected chi connectivity index (χ1v) is 7.67. The third-order valence-electron chi connectivity index (χ3n) is 3.12. The van der Waals surface area contributed by atoms with Gasteiger partial charge in [0.2, 0.25) is 5.88 Å². The lowest BCUT2D eigenvalue weighted by molar-refractivity contribution is 0.102. The van der Waals surface area contributed by atoms with E-state index in [2.05, 4.69) is 20.3 Å². The van der Waals surface area contributed by atoms with Crippen molar-refractivity contribution in [2.45, 2.75) is 0 Å². The molecule has 0 aliphatic carbocycles. The van der Waals surface area contributed by atoms with Crippen molar-refractivity contribution in [2.24, 2.45) is 0 Å². The zero-order chi connectivity index (χ0) is 17.1. The van der Waals surface area contributed by atoms with Crippen LogP contribution in [0.3, 0.4) is 0 Å². The Morgan fingerprint density at radius 3 is 2.58 bits per heavy atom. The fourth-order valence-corrected chi connectivity index (χ4v) is 2.85. The van der Waals surface area contributed by atoms with Gasteiger partial charge in [-0.1, -0.05) is 11.3 Å². The molecule has 0 atom stereocenters. The second-order valence-electron chi connectivity index (χ2n) is 4.59. The summed E-state index contributed by atoms with van der Waals surface area (Å²) in [6, 6.07) is 6.98. The normalized spacial score (nSPS) is 10.5. The van der Waals surface area contributed by atoms with Gasteiger partial charge in [-0.3, -0.25) is 10.1 Å². The van der Waals surface area contributed by atoms with Crippen LogP contribution in [0.25, 0.3) is 10.2 Å². The fourth-order valence-electron chi connectivity index (χ4n) is 1.96. The van der Waals surface area contributed by atoms with Gasteiger partial charge in [0.15, 0.2) is 5.13 Å². The van der Waals surface area contributed by atoms with Gasteiger partial charge in [0.25, 0.3) is 5.91 Å². The van der Waals surface area contributed by atoms with Gasteiger partial charge in [-0.2, -0.15) is 9.97 Å². The molecule has 2 aromatic heterocycles. The van der Waals surface area contributed by atoms with E-state index in [1.54, 1.807) is 7.11 Å². The van der Waals surface area contributed by atoms with E-state index in [1.165, 1.54) is 31.6 Å². The highest BCUT2D eigenvalue weighted by Gasteiger charge is 2.15. The maximum atomic E-state index is 12.4. The number of rotatable bonds is 5. The van der Waals surface area contributed by atoms with E-state index >= 15 is 0 Å². The summed E-state index contributed by atoms with van der Waals surface area (Å²) < 4.78 is 16.1. The van der Waals surface area contributed by atoms with Gasteiger partial charge in [-0.15, -0.1) is 0 Å². The smallest absolute Gasteiger partial charge is 0.320 e. The first-order valence-electron chi connectivity index (χ1n) is 6.86. The molecular weight excluding hydrogens is 332 g/mol. The molecule has 3 rings (SSSR count). The number of anilines is 1. The molecule has 0 aliphatic rings. The lowest BCUT2D eigenvalue weighted by Gasteiger charge is -2.05. The van der Waals surface area contributed by atoms with Crippen molar-refractivity contribution in [3.05, 3.63) is 30.0 Å². The van der Waals surface area contributed by atoms with Crippen molar-refractivity contribution in [1.29, 1.82) is 0 Å². The minimum atomic E-state index is -0.431. The molecule has 0 fully saturated rings. The maximum Gasteiger partial charge on any atom is 0.320 e. The number of hydrogen-bond donors (Lipinski definition) is 1. The molecule has 8 nitrogen and oxygen atoms in total. The Morgan fingerprint density at radius 2 is 1.88 bits per heavy atom. The Kier molecular flexibility index (Phi) is 4.43. The van der Waals surface area contributed by atoms with Crippen LogP contribution in [0.2, 0.25) is 0 Å². The highest BCUT2D eigenvalue weighted by Crippen LogP contribution is 2.29. The van der Waals surface area contributed by atoms with Crippen molar-refractivity contribution < 1.29 is 19.0 Å². The van der Waals surface area contributed by atoms with Crippen molar-refractivity contribution in [1.82, 2.24) is 15.0 Å². The average Bonchev–Trinajstić information content (AvgIpc) is 3.02. The summed E-state index contributed by atoms with van der Waals surface area (Å²) in [5, 5.41) is 3.17. The zero-order valence-corrected chi connectivity index (χ0v) is 14.0. The molecule has 0 radical (unpaired) electrons. The Balaban J connectivity index is 1.86. The van der Waals surface area contributed by atoms with E-state index in [-0.39, 0.29) is 17.6 Å². The molecule has 0 bridgehead atoms. The van der Waals surface area contributed by atoms with E-state index in [4.69, 9.17) is 14.2 Å². The van der Waals surface area contributed by atoms with E-state index < -0.39 is 5.91 Å². The summed E-state index contributed by atoms with van der Waals surface area (Å²) in [6.45, 7) is 0. The molecule has 24 heavy (non-hydrogen) atoms.